The minimum Gasteiger partial charge on any atom is -0.497 e. The van der Waals surface area contributed by atoms with Crippen molar-refractivity contribution >= 4 is 21.6 Å². The van der Waals surface area contributed by atoms with Crippen LogP contribution in [0, 0.1) is 11.8 Å². The third-order valence-corrected chi connectivity index (χ3v) is 9.47. The van der Waals surface area contributed by atoms with E-state index < -0.39 is 16.1 Å². The topological polar surface area (TPSA) is 108 Å². The number of ether oxygens (including phenoxy) is 2. The fourth-order valence-electron chi connectivity index (χ4n) is 5.69. The fraction of sp³-hybridized carbons (Fsp3) is 0.567. The summed E-state index contributed by atoms with van der Waals surface area (Å²) in [5, 5.41) is 9.93. The summed E-state index contributed by atoms with van der Waals surface area (Å²) in [5.41, 5.74) is 0.467. The number of hydrogen-bond donors (Lipinski definition) is 2. The van der Waals surface area contributed by atoms with Crippen molar-refractivity contribution in [1.29, 1.82) is 0 Å². The Hall–Kier alpha value is -2.82. The highest BCUT2D eigenvalue weighted by molar-refractivity contribution is 7.92. The van der Waals surface area contributed by atoms with Crippen LogP contribution >= 0.6 is 0 Å². The number of fused-ring (bicyclic) bond motifs is 1. The van der Waals surface area contributed by atoms with Crippen molar-refractivity contribution in [2.24, 2.45) is 11.8 Å². The van der Waals surface area contributed by atoms with Gasteiger partial charge in [-0.2, -0.15) is 0 Å². The molecule has 40 heavy (non-hydrogen) atoms. The molecule has 1 amide bonds. The molecule has 0 bridgehead atoms. The smallest absolute Gasteiger partial charge is 0.262 e. The molecule has 2 aliphatic rings. The lowest BCUT2D eigenvalue weighted by atomic mass is 9.89. The quantitative estimate of drug-likeness (QED) is 0.438. The molecule has 10 heteroatoms. The van der Waals surface area contributed by atoms with Gasteiger partial charge in [-0.15, -0.1) is 0 Å². The van der Waals surface area contributed by atoms with Gasteiger partial charge in [0.05, 0.1) is 35.9 Å². The van der Waals surface area contributed by atoms with E-state index in [1.54, 1.807) is 35.2 Å². The lowest BCUT2D eigenvalue weighted by molar-refractivity contribution is 0.0333. The van der Waals surface area contributed by atoms with Crippen molar-refractivity contribution in [3.05, 3.63) is 48.0 Å². The number of methoxy groups -OCH3 is 1. The molecule has 0 aromatic heterocycles. The van der Waals surface area contributed by atoms with E-state index in [1.807, 2.05) is 13.8 Å². The Morgan fingerprint density at radius 3 is 2.48 bits per heavy atom. The number of rotatable bonds is 10. The van der Waals surface area contributed by atoms with E-state index >= 15 is 0 Å². The van der Waals surface area contributed by atoms with Crippen molar-refractivity contribution in [3.63, 3.8) is 0 Å². The standard InChI is InChI=1S/C30H43N3O6S/c1-21-17-33(22(2)20-34)30(35)26-11-8-12-27(31-40(36,37)25-15-13-24(38-4)14-16-25)29(26)39-28(21)19-32(3)18-23-9-6-5-7-10-23/h8,11-16,21-23,28,31,34H,5-7,9-10,17-20H2,1-4H3/t21-,22+,28-/m1/s1. The van der Waals surface area contributed by atoms with Crippen molar-refractivity contribution < 1.29 is 27.8 Å². The minimum atomic E-state index is -3.98. The number of carbonyl (C=O) groups excluding carboxylic acids is 1. The van der Waals surface area contributed by atoms with Gasteiger partial charge in [0.2, 0.25) is 0 Å². The molecule has 0 radical (unpaired) electrons. The van der Waals surface area contributed by atoms with Crippen LogP contribution in [-0.4, -0.2) is 81.8 Å². The molecule has 0 spiro atoms. The van der Waals surface area contributed by atoms with Crippen molar-refractivity contribution in [1.82, 2.24) is 9.80 Å². The third-order valence-electron chi connectivity index (χ3n) is 8.09. The van der Waals surface area contributed by atoms with Crippen LogP contribution in [0.4, 0.5) is 5.69 Å². The van der Waals surface area contributed by atoms with Crippen molar-refractivity contribution in [2.75, 3.05) is 45.1 Å². The Morgan fingerprint density at radius 2 is 1.82 bits per heavy atom. The summed E-state index contributed by atoms with van der Waals surface area (Å²) in [6.45, 7) is 5.70. The molecule has 3 atom stereocenters. The van der Waals surface area contributed by atoms with E-state index in [2.05, 4.69) is 16.7 Å². The molecule has 1 aliphatic heterocycles. The van der Waals surface area contributed by atoms with E-state index in [9.17, 15) is 18.3 Å². The molecular formula is C30H43N3O6S. The Balaban J connectivity index is 1.67. The number of benzene rings is 2. The second-order valence-corrected chi connectivity index (χ2v) is 13.0. The van der Waals surface area contributed by atoms with E-state index in [1.165, 1.54) is 51.3 Å². The lowest BCUT2D eigenvalue weighted by Gasteiger charge is -2.39. The summed E-state index contributed by atoms with van der Waals surface area (Å²) < 4.78 is 41.1. The highest BCUT2D eigenvalue weighted by atomic mass is 32.2. The van der Waals surface area contributed by atoms with Crippen LogP contribution < -0.4 is 14.2 Å². The number of likely N-dealkylation sites (N-methyl/N-ethyl adjacent to an activating group) is 1. The van der Waals surface area contributed by atoms with Gasteiger partial charge in [-0.05, 0) is 69.1 Å². The second-order valence-electron chi connectivity index (χ2n) is 11.3. The first-order valence-corrected chi connectivity index (χ1v) is 15.7. The molecule has 4 rings (SSSR count). The Kier molecular flexibility index (Phi) is 9.97. The van der Waals surface area contributed by atoms with E-state index in [4.69, 9.17) is 9.47 Å². The number of hydrogen-bond acceptors (Lipinski definition) is 7. The Morgan fingerprint density at radius 1 is 1.12 bits per heavy atom. The van der Waals surface area contributed by atoms with Crippen LogP contribution in [0.25, 0.3) is 0 Å². The number of aliphatic hydroxyl groups is 1. The number of aliphatic hydroxyl groups excluding tert-OH is 1. The predicted molar refractivity (Wildman–Crippen MR) is 155 cm³/mol. The van der Waals surface area contributed by atoms with Crippen molar-refractivity contribution in [2.45, 2.75) is 63.0 Å². The fourth-order valence-corrected chi connectivity index (χ4v) is 6.75. The van der Waals surface area contributed by atoms with Gasteiger partial charge in [0.1, 0.15) is 11.9 Å². The lowest BCUT2D eigenvalue weighted by Crippen LogP contribution is -2.50. The molecule has 1 heterocycles. The first kappa shape index (κ1) is 30.1. The average Bonchev–Trinajstić information content (AvgIpc) is 2.95. The first-order valence-electron chi connectivity index (χ1n) is 14.2. The first-order chi connectivity index (χ1) is 19.1. The van der Waals surface area contributed by atoms with Crippen LogP contribution in [0.3, 0.4) is 0 Å². The van der Waals surface area contributed by atoms with Gasteiger partial charge in [0.15, 0.2) is 5.75 Å². The van der Waals surface area contributed by atoms with Gasteiger partial charge >= 0.3 is 0 Å². The minimum absolute atomic E-state index is 0.0637. The molecule has 0 saturated heterocycles. The molecule has 2 aromatic rings. The molecule has 1 fully saturated rings. The zero-order chi connectivity index (χ0) is 28.9. The molecule has 9 nitrogen and oxygen atoms in total. The monoisotopic (exact) mass is 573 g/mol. The number of nitrogens with one attached hydrogen (secondary N) is 1. The van der Waals surface area contributed by atoms with Gasteiger partial charge in [-0.3, -0.25) is 9.52 Å². The van der Waals surface area contributed by atoms with Gasteiger partial charge in [-0.25, -0.2) is 8.42 Å². The maximum atomic E-state index is 13.7. The number of amides is 1. The van der Waals surface area contributed by atoms with E-state index in [0.29, 0.717) is 24.8 Å². The predicted octanol–water partition coefficient (Wildman–Crippen LogP) is 4.23. The van der Waals surface area contributed by atoms with Crippen LogP contribution in [0.15, 0.2) is 47.4 Å². The number of anilines is 1. The van der Waals surface area contributed by atoms with Crippen molar-refractivity contribution in [3.8, 4) is 11.5 Å². The molecule has 2 aromatic carbocycles. The van der Waals surface area contributed by atoms with E-state index in [0.717, 1.165) is 6.54 Å². The second kappa shape index (κ2) is 13.2. The SMILES string of the molecule is COc1ccc(S(=O)(=O)Nc2cccc3c2O[C@H](CN(C)CC2CCCCC2)[C@H](C)CN([C@@H](C)CO)C3=O)cc1. The molecule has 0 unspecified atom stereocenters. The van der Waals surface area contributed by atoms with Gasteiger partial charge in [-0.1, -0.05) is 32.3 Å². The Bertz CT molecular complexity index is 1250. The third kappa shape index (κ3) is 7.08. The number of sulfonamides is 1. The normalized spacial score (nSPS) is 21.2. The van der Waals surface area contributed by atoms with Crippen LogP contribution in [0.5, 0.6) is 11.5 Å². The number of para-hydroxylation sites is 1. The summed E-state index contributed by atoms with van der Waals surface area (Å²) in [6.07, 6.45) is 6.03. The average molecular weight is 574 g/mol. The Labute approximate surface area is 238 Å². The summed E-state index contributed by atoms with van der Waals surface area (Å²) in [5.74, 6) is 1.05. The molecular weight excluding hydrogens is 530 g/mol. The summed E-state index contributed by atoms with van der Waals surface area (Å²) >= 11 is 0. The molecule has 1 aliphatic carbocycles. The molecule has 2 N–H and O–H groups in total. The van der Waals surface area contributed by atoms with Crippen LogP contribution in [-0.2, 0) is 10.0 Å². The van der Waals surface area contributed by atoms with Crippen LogP contribution in [0.1, 0.15) is 56.3 Å². The summed E-state index contributed by atoms with van der Waals surface area (Å²) in [7, 11) is -0.363. The zero-order valence-electron chi connectivity index (χ0n) is 24.0. The summed E-state index contributed by atoms with van der Waals surface area (Å²) in [6, 6.07) is 10.6. The van der Waals surface area contributed by atoms with Crippen LogP contribution in [0.2, 0.25) is 0 Å². The highest BCUT2D eigenvalue weighted by Gasteiger charge is 2.35. The maximum absolute atomic E-state index is 13.7. The zero-order valence-corrected chi connectivity index (χ0v) is 24.8. The van der Waals surface area contributed by atoms with E-state index in [-0.39, 0.29) is 46.4 Å². The largest absolute Gasteiger partial charge is 0.497 e. The van der Waals surface area contributed by atoms with Gasteiger partial charge < -0.3 is 24.4 Å². The molecule has 220 valence electrons. The number of carbonyl (C=O) groups is 1. The number of nitrogens with zero attached hydrogens (tertiary/aromatic N) is 2. The molecule has 1 saturated carbocycles. The van der Waals surface area contributed by atoms with Gasteiger partial charge in [0.25, 0.3) is 15.9 Å². The highest BCUT2D eigenvalue weighted by Crippen LogP contribution is 2.36. The maximum Gasteiger partial charge on any atom is 0.262 e. The van der Waals surface area contributed by atoms with Gasteiger partial charge in [0, 0.05) is 25.6 Å². The summed E-state index contributed by atoms with van der Waals surface area (Å²) in [4.78, 5) is 17.7.